The first-order valence-electron chi connectivity index (χ1n) is 12.6. The van der Waals surface area contributed by atoms with Gasteiger partial charge in [0.25, 0.3) is 0 Å². The van der Waals surface area contributed by atoms with Crippen LogP contribution in [0.15, 0.2) is 45.8 Å². The van der Waals surface area contributed by atoms with E-state index in [4.69, 9.17) is 4.52 Å². The molecule has 37 heavy (non-hydrogen) atoms. The predicted octanol–water partition coefficient (Wildman–Crippen LogP) is 5.45. The second kappa shape index (κ2) is 10.6. The maximum atomic E-state index is 13.8. The molecule has 0 saturated carbocycles. The summed E-state index contributed by atoms with van der Waals surface area (Å²) in [7, 11) is -2.18. The summed E-state index contributed by atoms with van der Waals surface area (Å²) in [4.78, 5) is 15.0. The van der Waals surface area contributed by atoms with Gasteiger partial charge in [-0.25, -0.2) is 8.42 Å². The maximum absolute atomic E-state index is 13.8. The van der Waals surface area contributed by atoms with Gasteiger partial charge in [-0.3, -0.25) is 4.79 Å². The third-order valence-electron chi connectivity index (χ3n) is 7.06. The molecular formula is C29H35N3O4S. The lowest BCUT2D eigenvalue weighted by Crippen LogP contribution is -2.46. The number of carbonyl (C=O) groups is 1. The van der Waals surface area contributed by atoms with Crippen molar-refractivity contribution in [2.75, 3.05) is 25.0 Å². The predicted molar refractivity (Wildman–Crippen MR) is 147 cm³/mol. The van der Waals surface area contributed by atoms with Crippen molar-refractivity contribution in [3.8, 4) is 0 Å². The largest absolute Gasteiger partial charge is 0.355 e. The Hall–Kier alpha value is -3.23. The standard InChI is InChI=1S/C29H35N3O4S/c1-19-9-11-25(12-10-19)31(6)29(33)24-8-7-15-32(18-24)37(34,35)28-23(5)30-36-27(28)14-13-26-21(3)16-20(2)17-22(26)4/h9-14,16-17,24H,7-8,15,18H2,1-6H3/b14-13+. The van der Waals surface area contributed by atoms with E-state index in [0.717, 1.165) is 27.9 Å². The highest BCUT2D eigenvalue weighted by molar-refractivity contribution is 7.89. The van der Waals surface area contributed by atoms with Crippen LogP contribution in [0.2, 0.25) is 0 Å². The van der Waals surface area contributed by atoms with Gasteiger partial charge in [0, 0.05) is 25.8 Å². The number of piperidine rings is 1. The molecule has 2 aromatic carbocycles. The molecule has 196 valence electrons. The van der Waals surface area contributed by atoms with Gasteiger partial charge in [0.15, 0.2) is 10.7 Å². The minimum absolute atomic E-state index is 0.0613. The molecule has 1 aliphatic rings. The average Bonchev–Trinajstić information content (AvgIpc) is 3.24. The van der Waals surface area contributed by atoms with Gasteiger partial charge >= 0.3 is 0 Å². The molecule has 1 unspecified atom stereocenters. The van der Waals surface area contributed by atoms with Gasteiger partial charge in [0.2, 0.25) is 15.9 Å². The molecule has 0 bridgehead atoms. The van der Waals surface area contributed by atoms with Crippen LogP contribution in [0.3, 0.4) is 0 Å². The fourth-order valence-corrected chi connectivity index (χ4v) is 6.85. The fraction of sp³-hybridized carbons (Fsp3) is 0.379. The van der Waals surface area contributed by atoms with E-state index in [2.05, 4.69) is 17.3 Å². The molecule has 0 spiro atoms. The topological polar surface area (TPSA) is 83.7 Å². The van der Waals surface area contributed by atoms with Crippen LogP contribution in [0, 0.1) is 40.5 Å². The first-order chi connectivity index (χ1) is 17.5. The van der Waals surface area contributed by atoms with Crippen LogP contribution < -0.4 is 4.90 Å². The Balaban J connectivity index is 1.58. The van der Waals surface area contributed by atoms with Gasteiger partial charge in [0.05, 0.1) is 5.92 Å². The molecule has 4 rings (SSSR count). The number of sulfonamides is 1. The summed E-state index contributed by atoms with van der Waals surface area (Å²) in [5.74, 6) is -0.315. The molecule has 1 aromatic heterocycles. The van der Waals surface area contributed by atoms with Gasteiger partial charge in [-0.1, -0.05) is 46.6 Å². The van der Waals surface area contributed by atoms with Gasteiger partial charge < -0.3 is 9.42 Å². The van der Waals surface area contributed by atoms with Crippen LogP contribution in [-0.4, -0.2) is 43.9 Å². The Morgan fingerprint density at radius 3 is 2.32 bits per heavy atom. The fourth-order valence-electron chi connectivity index (χ4n) is 5.07. The molecule has 0 radical (unpaired) electrons. The second-order valence-electron chi connectivity index (χ2n) is 10.0. The number of aromatic nitrogens is 1. The Labute approximate surface area is 219 Å². The Bertz CT molecular complexity index is 1420. The van der Waals surface area contributed by atoms with Crippen LogP contribution in [-0.2, 0) is 14.8 Å². The molecule has 1 amide bonds. The van der Waals surface area contributed by atoms with Crippen LogP contribution in [0.5, 0.6) is 0 Å². The molecule has 2 heterocycles. The summed E-state index contributed by atoms with van der Waals surface area (Å²) in [5.41, 5.74) is 6.61. The first-order valence-corrected chi connectivity index (χ1v) is 14.0. The Morgan fingerprint density at radius 1 is 1.03 bits per heavy atom. The van der Waals surface area contributed by atoms with E-state index < -0.39 is 15.9 Å². The zero-order chi connectivity index (χ0) is 26.9. The second-order valence-corrected chi connectivity index (χ2v) is 11.9. The SMILES string of the molecule is Cc1ccc(N(C)C(=O)C2CCCN(S(=O)(=O)c3c(C)noc3/C=C/c3c(C)cc(C)cc3C)C2)cc1. The zero-order valence-electron chi connectivity index (χ0n) is 22.4. The lowest BCUT2D eigenvalue weighted by molar-refractivity contribution is -0.123. The van der Waals surface area contributed by atoms with Gasteiger partial charge in [0.1, 0.15) is 5.69 Å². The maximum Gasteiger partial charge on any atom is 0.248 e. The minimum atomic E-state index is -3.92. The Kier molecular flexibility index (Phi) is 7.71. The van der Waals surface area contributed by atoms with Crippen LogP contribution >= 0.6 is 0 Å². The smallest absolute Gasteiger partial charge is 0.248 e. The van der Waals surface area contributed by atoms with E-state index in [-0.39, 0.29) is 23.1 Å². The normalized spacial score (nSPS) is 16.9. The van der Waals surface area contributed by atoms with E-state index in [1.807, 2.05) is 58.0 Å². The first kappa shape index (κ1) is 26.8. The lowest BCUT2D eigenvalue weighted by Gasteiger charge is -2.33. The van der Waals surface area contributed by atoms with Gasteiger partial charge in [-0.2, -0.15) is 4.31 Å². The van der Waals surface area contributed by atoms with Crippen LogP contribution in [0.4, 0.5) is 5.69 Å². The van der Waals surface area contributed by atoms with Crippen molar-refractivity contribution in [3.63, 3.8) is 0 Å². The van der Waals surface area contributed by atoms with Crippen molar-refractivity contribution in [1.29, 1.82) is 0 Å². The summed E-state index contributed by atoms with van der Waals surface area (Å²) >= 11 is 0. The van der Waals surface area contributed by atoms with Gasteiger partial charge in [-0.15, -0.1) is 0 Å². The summed E-state index contributed by atoms with van der Waals surface area (Å²) in [6, 6.07) is 11.9. The highest BCUT2D eigenvalue weighted by Gasteiger charge is 2.37. The number of nitrogens with zero attached hydrogens (tertiary/aromatic N) is 3. The van der Waals surface area contributed by atoms with Crippen molar-refractivity contribution in [1.82, 2.24) is 9.46 Å². The molecule has 1 fully saturated rings. The zero-order valence-corrected chi connectivity index (χ0v) is 23.2. The average molecular weight is 522 g/mol. The summed E-state index contributed by atoms with van der Waals surface area (Å²) < 4.78 is 34.4. The van der Waals surface area contributed by atoms with Crippen molar-refractivity contribution in [3.05, 3.63) is 75.7 Å². The molecule has 0 aliphatic carbocycles. The number of hydrogen-bond acceptors (Lipinski definition) is 5. The molecule has 3 aromatic rings. The van der Waals surface area contributed by atoms with Crippen molar-refractivity contribution in [2.45, 2.75) is 52.4 Å². The summed E-state index contributed by atoms with van der Waals surface area (Å²) in [6.45, 7) is 10.2. The van der Waals surface area contributed by atoms with Crippen LogP contribution in [0.1, 0.15) is 52.1 Å². The van der Waals surface area contributed by atoms with Crippen molar-refractivity contribution in [2.24, 2.45) is 5.92 Å². The summed E-state index contributed by atoms with van der Waals surface area (Å²) in [5, 5.41) is 3.97. The number of benzene rings is 2. The molecule has 0 N–H and O–H groups in total. The monoisotopic (exact) mass is 521 g/mol. The Morgan fingerprint density at radius 2 is 1.68 bits per heavy atom. The number of amides is 1. The molecule has 1 atom stereocenters. The molecule has 7 nitrogen and oxygen atoms in total. The number of aryl methyl sites for hydroxylation is 5. The molecule has 1 aliphatic heterocycles. The van der Waals surface area contributed by atoms with Crippen LogP contribution in [0.25, 0.3) is 12.2 Å². The highest BCUT2D eigenvalue weighted by atomic mass is 32.2. The van der Waals surface area contributed by atoms with E-state index in [9.17, 15) is 13.2 Å². The van der Waals surface area contributed by atoms with E-state index in [1.54, 1.807) is 24.9 Å². The molecule has 8 heteroatoms. The van der Waals surface area contributed by atoms with E-state index >= 15 is 0 Å². The summed E-state index contributed by atoms with van der Waals surface area (Å²) in [6.07, 6.45) is 4.80. The third kappa shape index (κ3) is 5.55. The van der Waals surface area contributed by atoms with E-state index in [1.165, 1.54) is 9.87 Å². The number of anilines is 1. The quantitative estimate of drug-likeness (QED) is 0.431. The molecule has 1 saturated heterocycles. The van der Waals surface area contributed by atoms with Crippen molar-refractivity contribution < 1.29 is 17.7 Å². The molecular weight excluding hydrogens is 486 g/mol. The van der Waals surface area contributed by atoms with Crippen molar-refractivity contribution >= 4 is 33.8 Å². The number of rotatable bonds is 6. The highest BCUT2D eigenvalue weighted by Crippen LogP contribution is 2.31. The van der Waals surface area contributed by atoms with Gasteiger partial charge in [-0.05, 0) is 82.4 Å². The number of carbonyl (C=O) groups excluding carboxylic acids is 1. The lowest BCUT2D eigenvalue weighted by atomic mass is 9.98. The minimum Gasteiger partial charge on any atom is -0.355 e. The third-order valence-corrected chi connectivity index (χ3v) is 9.08. The number of hydrogen-bond donors (Lipinski definition) is 0. The van der Waals surface area contributed by atoms with E-state index in [0.29, 0.717) is 25.1 Å².